The number of H-pyrrole nitrogens is 1. The molecule has 25 heavy (non-hydrogen) atoms. The van der Waals surface area contributed by atoms with Gasteiger partial charge in [0.05, 0.1) is 10.0 Å². The number of aromatic amines is 1. The van der Waals surface area contributed by atoms with Gasteiger partial charge in [-0.2, -0.15) is 0 Å². The average molecular weight is 399 g/mol. The summed E-state index contributed by atoms with van der Waals surface area (Å²) >= 11 is 13.7. The van der Waals surface area contributed by atoms with Crippen LogP contribution in [0, 0.1) is 11.8 Å². The molecule has 1 saturated heterocycles. The van der Waals surface area contributed by atoms with Gasteiger partial charge < -0.3 is 10.0 Å². The highest BCUT2D eigenvalue weighted by molar-refractivity contribution is 7.99. The first-order chi connectivity index (χ1) is 12.0. The Labute approximate surface area is 158 Å². The lowest BCUT2D eigenvalue weighted by Crippen LogP contribution is -2.22. The van der Waals surface area contributed by atoms with Crippen molar-refractivity contribution in [3.8, 4) is 0 Å². The van der Waals surface area contributed by atoms with Crippen LogP contribution in [0.1, 0.15) is 23.3 Å². The second kappa shape index (κ2) is 6.70. The SMILES string of the molecule is O=C(O)c1[nH]nnc1S[C@H]1C[C@@H]2CN(c3ccc(Cl)c(Cl)c3)C[C@@H]2C1. The van der Waals surface area contributed by atoms with Gasteiger partial charge in [0, 0.05) is 24.0 Å². The Kier molecular flexibility index (Phi) is 4.56. The first kappa shape index (κ1) is 17.0. The number of nitrogens with zero attached hydrogens (tertiary/aromatic N) is 3. The second-order valence-electron chi connectivity index (χ2n) is 6.53. The van der Waals surface area contributed by atoms with E-state index in [2.05, 4.69) is 20.3 Å². The van der Waals surface area contributed by atoms with Gasteiger partial charge in [-0.1, -0.05) is 40.2 Å². The topological polar surface area (TPSA) is 82.1 Å². The van der Waals surface area contributed by atoms with E-state index in [1.54, 1.807) is 0 Å². The molecule has 1 aliphatic heterocycles. The van der Waals surface area contributed by atoms with Gasteiger partial charge in [0.25, 0.3) is 0 Å². The highest BCUT2D eigenvalue weighted by atomic mass is 35.5. The Hall–Kier alpha value is -1.44. The fraction of sp³-hybridized carbons (Fsp3) is 0.438. The summed E-state index contributed by atoms with van der Waals surface area (Å²) in [5.41, 5.74) is 1.19. The number of anilines is 1. The van der Waals surface area contributed by atoms with Crippen molar-refractivity contribution in [1.82, 2.24) is 15.4 Å². The standard InChI is InChI=1S/C16H16Cl2N4O2S/c17-12-2-1-10(5-13(12)18)22-6-8-3-11(4-9(8)7-22)25-15-14(16(23)24)19-21-20-15/h1-2,5,8-9,11H,3-4,6-7H2,(H,23,24)(H,19,20,21)/t8-,9+,11+. The Morgan fingerprint density at radius 1 is 1.24 bits per heavy atom. The summed E-state index contributed by atoms with van der Waals surface area (Å²) in [6.07, 6.45) is 2.11. The fourth-order valence-electron chi connectivity index (χ4n) is 3.83. The van der Waals surface area contributed by atoms with Gasteiger partial charge >= 0.3 is 5.97 Å². The van der Waals surface area contributed by atoms with Gasteiger partial charge in [-0.25, -0.2) is 4.79 Å². The summed E-state index contributed by atoms with van der Waals surface area (Å²) in [4.78, 5) is 13.5. The van der Waals surface area contributed by atoms with Crippen molar-refractivity contribution >= 4 is 46.6 Å². The predicted molar refractivity (Wildman–Crippen MR) is 97.9 cm³/mol. The van der Waals surface area contributed by atoms with Crippen molar-refractivity contribution in [2.45, 2.75) is 23.1 Å². The van der Waals surface area contributed by atoms with Crippen LogP contribution in [0.5, 0.6) is 0 Å². The molecule has 2 aliphatic rings. The molecule has 3 atom stereocenters. The number of carboxylic acids is 1. The van der Waals surface area contributed by atoms with E-state index >= 15 is 0 Å². The van der Waals surface area contributed by atoms with Crippen molar-refractivity contribution in [3.05, 3.63) is 33.9 Å². The molecule has 4 rings (SSSR count). The third kappa shape index (κ3) is 3.32. The lowest BCUT2D eigenvalue weighted by Gasteiger charge is -2.21. The van der Waals surface area contributed by atoms with Gasteiger partial charge in [0.2, 0.25) is 0 Å². The maximum Gasteiger partial charge on any atom is 0.356 e. The zero-order valence-electron chi connectivity index (χ0n) is 13.2. The summed E-state index contributed by atoms with van der Waals surface area (Å²) in [6, 6.07) is 5.77. The lowest BCUT2D eigenvalue weighted by molar-refractivity contribution is 0.0686. The summed E-state index contributed by atoms with van der Waals surface area (Å²) < 4.78 is 0. The molecule has 0 bridgehead atoms. The zero-order chi connectivity index (χ0) is 17.6. The molecule has 1 aliphatic carbocycles. The van der Waals surface area contributed by atoms with Crippen molar-refractivity contribution in [2.24, 2.45) is 11.8 Å². The molecular weight excluding hydrogens is 383 g/mol. The molecular formula is C16H16Cl2N4O2S. The summed E-state index contributed by atoms with van der Waals surface area (Å²) in [5, 5.41) is 21.1. The van der Waals surface area contributed by atoms with Crippen molar-refractivity contribution in [3.63, 3.8) is 0 Å². The van der Waals surface area contributed by atoms with Crippen molar-refractivity contribution in [2.75, 3.05) is 18.0 Å². The molecule has 2 fully saturated rings. The van der Waals surface area contributed by atoms with E-state index in [9.17, 15) is 4.79 Å². The molecule has 2 aromatic rings. The van der Waals surface area contributed by atoms with Crippen LogP contribution in [-0.2, 0) is 0 Å². The van der Waals surface area contributed by atoms with Crippen LogP contribution in [0.15, 0.2) is 23.2 Å². The van der Waals surface area contributed by atoms with Crippen LogP contribution in [0.25, 0.3) is 0 Å². The molecule has 0 radical (unpaired) electrons. The first-order valence-corrected chi connectivity index (χ1v) is 9.66. The van der Waals surface area contributed by atoms with Crippen LogP contribution in [0.3, 0.4) is 0 Å². The molecule has 1 saturated carbocycles. The van der Waals surface area contributed by atoms with E-state index < -0.39 is 5.97 Å². The quantitative estimate of drug-likeness (QED) is 0.814. The number of halogens is 2. The molecule has 1 aromatic carbocycles. The molecule has 0 unspecified atom stereocenters. The minimum atomic E-state index is -1.02. The van der Waals surface area contributed by atoms with E-state index in [1.165, 1.54) is 11.8 Å². The largest absolute Gasteiger partial charge is 0.476 e. The maximum atomic E-state index is 11.2. The number of aromatic carboxylic acids is 1. The van der Waals surface area contributed by atoms with Gasteiger partial charge in [-0.3, -0.25) is 5.10 Å². The fourth-order valence-corrected chi connectivity index (χ4v) is 5.46. The summed E-state index contributed by atoms with van der Waals surface area (Å²) in [6.45, 7) is 1.98. The number of nitrogens with one attached hydrogen (secondary N) is 1. The highest BCUT2D eigenvalue weighted by Crippen LogP contribution is 2.46. The molecule has 0 spiro atoms. The van der Waals surface area contributed by atoms with Crippen LogP contribution in [0.2, 0.25) is 10.0 Å². The molecule has 9 heteroatoms. The number of aromatic nitrogens is 3. The first-order valence-electron chi connectivity index (χ1n) is 8.02. The minimum Gasteiger partial charge on any atom is -0.476 e. The van der Waals surface area contributed by atoms with Gasteiger partial charge in [-0.05, 0) is 42.9 Å². The summed E-state index contributed by atoms with van der Waals surface area (Å²) in [7, 11) is 0. The normalized spacial score (nSPS) is 25.4. The van der Waals surface area contributed by atoms with Crippen LogP contribution >= 0.6 is 35.0 Å². The van der Waals surface area contributed by atoms with Crippen molar-refractivity contribution < 1.29 is 9.90 Å². The number of thioether (sulfide) groups is 1. The van der Waals surface area contributed by atoms with Crippen LogP contribution in [-0.4, -0.2) is 44.8 Å². The molecule has 1 aromatic heterocycles. The second-order valence-corrected chi connectivity index (χ2v) is 8.64. The number of carbonyl (C=O) groups is 1. The molecule has 132 valence electrons. The van der Waals surface area contributed by atoms with E-state index in [0.717, 1.165) is 31.6 Å². The predicted octanol–water partition coefficient (Wildman–Crippen LogP) is 3.82. The third-order valence-electron chi connectivity index (χ3n) is 4.98. The monoisotopic (exact) mass is 398 g/mol. The maximum absolute atomic E-state index is 11.2. The van der Waals surface area contributed by atoms with Gasteiger partial charge in [-0.15, -0.1) is 5.10 Å². The Balaban J connectivity index is 1.39. The van der Waals surface area contributed by atoms with Crippen molar-refractivity contribution in [1.29, 1.82) is 0 Å². The number of rotatable bonds is 4. The Bertz CT molecular complexity index is 801. The van der Waals surface area contributed by atoms with E-state index in [0.29, 0.717) is 32.2 Å². The Morgan fingerprint density at radius 2 is 1.96 bits per heavy atom. The molecule has 2 heterocycles. The highest BCUT2D eigenvalue weighted by Gasteiger charge is 2.41. The number of hydrogen-bond acceptors (Lipinski definition) is 5. The van der Waals surface area contributed by atoms with E-state index in [-0.39, 0.29) is 5.69 Å². The number of benzene rings is 1. The number of carboxylic acid groups (broad SMARTS) is 1. The molecule has 0 amide bonds. The summed E-state index contributed by atoms with van der Waals surface area (Å²) in [5.74, 6) is 0.191. The van der Waals surface area contributed by atoms with E-state index in [4.69, 9.17) is 28.3 Å². The van der Waals surface area contributed by atoms with Gasteiger partial charge in [0.15, 0.2) is 10.7 Å². The molecule has 2 N–H and O–H groups in total. The minimum absolute atomic E-state index is 0.0829. The smallest absolute Gasteiger partial charge is 0.356 e. The average Bonchev–Trinajstić information content (AvgIpc) is 3.24. The third-order valence-corrected chi connectivity index (χ3v) is 6.95. The molecule has 6 nitrogen and oxygen atoms in total. The van der Waals surface area contributed by atoms with Crippen LogP contribution < -0.4 is 4.90 Å². The Morgan fingerprint density at radius 3 is 2.60 bits per heavy atom. The lowest BCUT2D eigenvalue weighted by atomic mass is 10.0. The van der Waals surface area contributed by atoms with E-state index in [1.807, 2.05) is 18.2 Å². The number of hydrogen-bond donors (Lipinski definition) is 2. The van der Waals surface area contributed by atoms with Crippen LogP contribution in [0.4, 0.5) is 5.69 Å². The number of fused-ring (bicyclic) bond motifs is 1. The zero-order valence-corrected chi connectivity index (χ0v) is 15.5. The van der Waals surface area contributed by atoms with Gasteiger partial charge in [0.1, 0.15) is 0 Å².